The van der Waals surface area contributed by atoms with Gasteiger partial charge < -0.3 is 15.4 Å². The van der Waals surface area contributed by atoms with Gasteiger partial charge in [-0.25, -0.2) is 27.8 Å². The number of anilines is 2. The minimum absolute atomic E-state index is 0.119. The number of aryl methyl sites for hydroxylation is 1. The maximum Gasteiger partial charge on any atom is 0.404 e. The van der Waals surface area contributed by atoms with Crippen LogP contribution in [0.2, 0.25) is 0 Å². The van der Waals surface area contributed by atoms with Gasteiger partial charge in [-0.15, -0.1) is 11.3 Å². The van der Waals surface area contributed by atoms with Crippen LogP contribution in [0.5, 0.6) is 11.6 Å². The lowest BCUT2D eigenvalue weighted by Gasteiger charge is -2.26. The quantitative estimate of drug-likeness (QED) is 0.328. The van der Waals surface area contributed by atoms with E-state index in [-0.39, 0.29) is 11.7 Å². The molecule has 2 atom stereocenters. The summed E-state index contributed by atoms with van der Waals surface area (Å²) < 4.78 is 84.2. The lowest BCUT2D eigenvalue weighted by atomic mass is 10.1. The second-order valence-electron chi connectivity index (χ2n) is 9.47. The molecule has 1 aliphatic heterocycles. The average Bonchev–Trinajstić information content (AvgIpc) is 3.46. The highest BCUT2D eigenvalue weighted by molar-refractivity contribution is 7.92. The number of alkyl halides is 4. The number of nitrogens with one attached hydrogen (secondary N) is 3. The molecule has 0 bridgehead atoms. The molecule has 1 fully saturated rings. The Hall–Kier alpha value is -3.04. The van der Waals surface area contributed by atoms with Crippen molar-refractivity contribution in [2.75, 3.05) is 28.9 Å². The van der Waals surface area contributed by atoms with E-state index in [2.05, 4.69) is 30.3 Å². The molecular weight excluding hydrogens is 560 g/mol. The second-order valence-corrected chi connectivity index (χ2v) is 12.4. The zero-order chi connectivity index (χ0) is 27.8. The third-order valence-corrected chi connectivity index (χ3v) is 8.50. The predicted molar refractivity (Wildman–Crippen MR) is 140 cm³/mol. The number of halogens is 4. The van der Waals surface area contributed by atoms with Crippen LogP contribution in [0.3, 0.4) is 0 Å². The molecule has 1 saturated heterocycles. The number of benzene rings is 1. The third-order valence-electron chi connectivity index (χ3n) is 6.29. The molecule has 3 N–H and O–H groups in total. The smallest absolute Gasteiger partial charge is 0.404 e. The number of thiazole rings is 1. The minimum atomic E-state index is -4.85. The number of nitrogens with zero attached hydrogens (tertiary/aromatic N) is 3. The molecule has 3 heterocycles. The first-order valence-electron chi connectivity index (χ1n) is 12.3. The van der Waals surface area contributed by atoms with Crippen molar-refractivity contribution >= 4 is 33.0 Å². The topological polar surface area (TPSA) is 118 Å². The molecule has 2 aromatic heterocycles. The van der Waals surface area contributed by atoms with E-state index in [0.29, 0.717) is 72.5 Å². The highest BCUT2D eigenvalue weighted by atomic mass is 32.2. The summed E-state index contributed by atoms with van der Waals surface area (Å²) in [6.45, 7) is 2.74. The molecule has 5 rings (SSSR count). The zero-order valence-corrected chi connectivity index (χ0v) is 22.4. The van der Waals surface area contributed by atoms with E-state index in [0.717, 1.165) is 10.6 Å². The molecule has 0 saturated carbocycles. The Labute approximate surface area is 226 Å². The monoisotopic (exact) mass is 586 g/mol. The molecule has 1 aromatic carbocycles. The molecule has 0 spiro atoms. The Morgan fingerprint density at radius 2 is 1.95 bits per heavy atom. The van der Waals surface area contributed by atoms with Gasteiger partial charge in [0.1, 0.15) is 16.8 Å². The van der Waals surface area contributed by atoms with Gasteiger partial charge in [0.05, 0.1) is 16.4 Å². The molecule has 2 aliphatic rings. The highest BCUT2D eigenvalue weighted by Gasteiger charge is 2.36. The Bertz CT molecular complexity index is 1460. The number of hydrogen-bond donors (Lipinski definition) is 3. The normalized spacial score (nSPS) is 19.5. The first-order valence-corrected chi connectivity index (χ1v) is 14.7. The molecule has 39 heavy (non-hydrogen) atoms. The Morgan fingerprint density at radius 3 is 2.72 bits per heavy atom. The standard InChI is InChI=1S/C24H26F4N6O3S2/c1-13-31-22(21(38-13)19-7-8-30-23(33-19)32-15-9-14(25)10-29-11-15)37-20-6-5-18(16-3-2-4-17(16)20)34-39(35,36)12-24(26,27)28/h5-8,14-15,29,34H,2-4,9-12H2,1H3,(H,30,32,33)/t14-,15-/m0/s1. The lowest BCUT2D eigenvalue weighted by molar-refractivity contribution is -0.106. The maximum absolute atomic E-state index is 13.8. The predicted octanol–water partition coefficient (Wildman–Crippen LogP) is 4.61. The Kier molecular flexibility index (Phi) is 7.66. The van der Waals surface area contributed by atoms with Crippen molar-refractivity contribution < 1.29 is 30.7 Å². The van der Waals surface area contributed by atoms with Crippen LogP contribution in [0.15, 0.2) is 24.4 Å². The fourth-order valence-corrected chi connectivity index (χ4v) is 6.61. The van der Waals surface area contributed by atoms with Gasteiger partial charge in [0, 0.05) is 37.3 Å². The van der Waals surface area contributed by atoms with Crippen molar-refractivity contribution in [3.63, 3.8) is 0 Å². The van der Waals surface area contributed by atoms with Crippen LogP contribution in [-0.4, -0.2) is 60.6 Å². The summed E-state index contributed by atoms with van der Waals surface area (Å²) in [5, 5.41) is 6.91. The van der Waals surface area contributed by atoms with Crippen LogP contribution in [0.4, 0.5) is 29.2 Å². The van der Waals surface area contributed by atoms with Crippen LogP contribution in [0.25, 0.3) is 10.6 Å². The fraction of sp³-hybridized carbons (Fsp3) is 0.458. The summed E-state index contributed by atoms with van der Waals surface area (Å²) in [7, 11) is -4.61. The SMILES string of the molecule is Cc1nc(Oc2ccc(NS(=O)(=O)CC(F)(F)F)c3c2CCC3)c(-c2ccnc(N[C@@H]3CNC[C@@H](F)C3)n2)s1. The van der Waals surface area contributed by atoms with E-state index >= 15 is 0 Å². The van der Waals surface area contributed by atoms with E-state index in [4.69, 9.17) is 4.74 Å². The van der Waals surface area contributed by atoms with Crippen LogP contribution in [0, 0.1) is 6.92 Å². The van der Waals surface area contributed by atoms with Crippen molar-refractivity contribution in [2.24, 2.45) is 0 Å². The van der Waals surface area contributed by atoms with Gasteiger partial charge in [-0.05, 0) is 49.9 Å². The van der Waals surface area contributed by atoms with E-state index in [1.54, 1.807) is 12.3 Å². The molecular formula is C24H26F4N6O3S2. The van der Waals surface area contributed by atoms with Crippen molar-refractivity contribution in [1.82, 2.24) is 20.3 Å². The van der Waals surface area contributed by atoms with Gasteiger partial charge in [0.25, 0.3) is 0 Å². The average molecular weight is 587 g/mol. The zero-order valence-electron chi connectivity index (χ0n) is 20.8. The van der Waals surface area contributed by atoms with Crippen LogP contribution >= 0.6 is 11.3 Å². The van der Waals surface area contributed by atoms with Gasteiger partial charge in [-0.3, -0.25) is 4.72 Å². The summed E-state index contributed by atoms with van der Waals surface area (Å²) in [6.07, 6.45) is -2.09. The van der Waals surface area contributed by atoms with Gasteiger partial charge in [-0.2, -0.15) is 13.2 Å². The molecule has 9 nitrogen and oxygen atoms in total. The fourth-order valence-electron chi connectivity index (χ4n) is 4.76. The number of fused-ring (bicyclic) bond motifs is 1. The molecule has 0 radical (unpaired) electrons. The number of rotatable bonds is 8. The van der Waals surface area contributed by atoms with Crippen molar-refractivity contribution in [1.29, 1.82) is 0 Å². The molecule has 1 aliphatic carbocycles. The number of hydrogen-bond acceptors (Lipinski definition) is 9. The van der Waals surface area contributed by atoms with E-state index in [1.807, 2.05) is 6.92 Å². The number of sulfonamides is 1. The number of piperidine rings is 1. The van der Waals surface area contributed by atoms with E-state index < -0.39 is 28.1 Å². The van der Waals surface area contributed by atoms with Crippen LogP contribution in [0.1, 0.15) is 29.0 Å². The highest BCUT2D eigenvalue weighted by Crippen LogP contribution is 2.42. The molecule has 210 valence electrons. The first-order chi connectivity index (χ1) is 18.5. The third kappa shape index (κ3) is 6.76. The Morgan fingerprint density at radius 1 is 1.15 bits per heavy atom. The van der Waals surface area contributed by atoms with Gasteiger partial charge in [0.15, 0.2) is 5.75 Å². The van der Waals surface area contributed by atoms with Crippen molar-refractivity contribution in [3.8, 4) is 22.2 Å². The molecule has 15 heteroatoms. The van der Waals surface area contributed by atoms with Gasteiger partial charge in [0.2, 0.25) is 21.9 Å². The van der Waals surface area contributed by atoms with Crippen molar-refractivity contribution in [2.45, 2.75) is 51.0 Å². The Balaban J connectivity index is 1.39. The first kappa shape index (κ1) is 27.5. The molecule has 0 amide bonds. The summed E-state index contributed by atoms with van der Waals surface area (Å²) >= 11 is 1.37. The van der Waals surface area contributed by atoms with Crippen molar-refractivity contribution in [3.05, 3.63) is 40.5 Å². The summed E-state index contributed by atoms with van der Waals surface area (Å²) in [5.41, 5.74) is 2.00. The number of ether oxygens (including phenoxy) is 1. The molecule has 3 aromatic rings. The summed E-state index contributed by atoms with van der Waals surface area (Å²) in [6, 6.07) is 4.50. The van der Waals surface area contributed by atoms with Crippen LogP contribution in [-0.2, 0) is 22.9 Å². The summed E-state index contributed by atoms with van der Waals surface area (Å²) in [5.74, 6) is -0.871. The largest absolute Gasteiger partial charge is 0.437 e. The van der Waals surface area contributed by atoms with Gasteiger partial charge >= 0.3 is 6.18 Å². The second kappa shape index (κ2) is 10.8. The summed E-state index contributed by atoms with van der Waals surface area (Å²) in [4.78, 5) is 14.0. The van der Waals surface area contributed by atoms with E-state index in [9.17, 15) is 26.0 Å². The van der Waals surface area contributed by atoms with E-state index in [1.165, 1.54) is 23.5 Å². The molecule has 0 unspecified atom stereocenters. The number of aromatic nitrogens is 3. The van der Waals surface area contributed by atoms with Gasteiger partial charge in [-0.1, -0.05) is 0 Å². The minimum Gasteiger partial charge on any atom is -0.437 e. The maximum atomic E-state index is 13.8. The van der Waals surface area contributed by atoms with Crippen LogP contribution < -0.4 is 20.1 Å². The lowest BCUT2D eigenvalue weighted by Crippen LogP contribution is -2.44.